The molecule has 1 unspecified atom stereocenters. The fraction of sp³-hybridized carbons (Fsp3) is 0.588. The van der Waals surface area contributed by atoms with Gasteiger partial charge in [-0.25, -0.2) is 8.78 Å². The molecule has 6 heteroatoms. The van der Waals surface area contributed by atoms with Crippen LogP contribution in [0.2, 0.25) is 0 Å². The minimum absolute atomic E-state index is 0.329. The fourth-order valence-electron chi connectivity index (χ4n) is 2.71. The summed E-state index contributed by atoms with van der Waals surface area (Å²) in [5.41, 5.74) is 0.739. The highest BCUT2D eigenvalue weighted by Crippen LogP contribution is 2.25. The van der Waals surface area contributed by atoms with Gasteiger partial charge in [-0.05, 0) is 45.2 Å². The summed E-state index contributed by atoms with van der Waals surface area (Å²) in [7, 11) is 0. The van der Waals surface area contributed by atoms with Crippen LogP contribution in [0.1, 0.15) is 27.2 Å². The van der Waals surface area contributed by atoms with E-state index in [9.17, 15) is 8.78 Å². The molecule has 1 aliphatic heterocycles. The molecule has 1 atom stereocenters. The van der Waals surface area contributed by atoms with Crippen LogP contribution in [0.15, 0.2) is 23.2 Å². The third-order valence-electron chi connectivity index (χ3n) is 3.83. The highest BCUT2D eigenvalue weighted by Gasteiger charge is 2.23. The third-order valence-corrected chi connectivity index (χ3v) is 3.83. The lowest BCUT2D eigenvalue weighted by atomic mass is 10.1. The van der Waals surface area contributed by atoms with E-state index in [1.165, 1.54) is 12.1 Å². The van der Waals surface area contributed by atoms with Crippen molar-refractivity contribution in [1.29, 1.82) is 0 Å². The highest BCUT2D eigenvalue weighted by atomic mass is 19.2. The Morgan fingerprint density at radius 3 is 2.78 bits per heavy atom. The molecule has 0 saturated carbocycles. The number of hydrogen-bond donors (Lipinski definition) is 2. The van der Waals surface area contributed by atoms with Crippen molar-refractivity contribution in [1.82, 2.24) is 10.6 Å². The molecule has 2 N–H and O–H groups in total. The number of guanidine groups is 1. The van der Waals surface area contributed by atoms with Gasteiger partial charge in [-0.1, -0.05) is 0 Å². The number of anilines is 1. The second kappa shape index (κ2) is 8.13. The first kappa shape index (κ1) is 17.5. The summed E-state index contributed by atoms with van der Waals surface area (Å²) in [5.74, 6) is -0.344. The van der Waals surface area contributed by atoms with Crippen LogP contribution in [0.3, 0.4) is 0 Å². The highest BCUT2D eigenvalue weighted by molar-refractivity contribution is 5.80. The van der Waals surface area contributed by atoms with Gasteiger partial charge in [0, 0.05) is 44.0 Å². The van der Waals surface area contributed by atoms with E-state index < -0.39 is 11.6 Å². The van der Waals surface area contributed by atoms with Gasteiger partial charge in [-0.15, -0.1) is 0 Å². The Hall–Kier alpha value is -1.85. The molecule has 1 saturated heterocycles. The van der Waals surface area contributed by atoms with Crippen LogP contribution >= 0.6 is 0 Å². The first-order valence-electron chi connectivity index (χ1n) is 8.24. The van der Waals surface area contributed by atoms with Crippen LogP contribution in [-0.2, 0) is 0 Å². The van der Waals surface area contributed by atoms with Gasteiger partial charge in [0.1, 0.15) is 0 Å². The minimum atomic E-state index is -0.802. The Kier molecular flexibility index (Phi) is 6.19. The molecule has 128 valence electrons. The average molecular weight is 324 g/mol. The molecule has 23 heavy (non-hydrogen) atoms. The zero-order chi connectivity index (χ0) is 16.8. The molecule has 0 aromatic heterocycles. The molecule has 2 rings (SSSR count). The van der Waals surface area contributed by atoms with E-state index in [-0.39, 0.29) is 0 Å². The number of aliphatic imine (C=N–C) groups is 1. The number of nitrogens with one attached hydrogen (secondary N) is 2. The van der Waals surface area contributed by atoms with Gasteiger partial charge in [-0.3, -0.25) is 4.99 Å². The van der Waals surface area contributed by atoms with E-state index in [0.717, 1.165) is 44.2 Å². The van der Waals surface area contributed by atoms with Gasteiger partial charge in [0.2, 0.25) is 0 Å². The predicted octanol–water partition coefficient (Wildman–Crippen LogP) is 2.75. The van der Waals surface area contributed by atoms with Gasteiger partial charge in [0.05, 0.1) is 0 Å². The van der Waals surface area contributed by atoms with Crippen LogP contribution in [0.25, 0.3) is 0 Å². The normalized spacial score (nSPS) is 18.6. The first-order valence-corrected chi connectivity index (χ1v) is 8.24. The molecular weight excluding hydrogens is 298 g/mol. The van der Waals surface area contributed by atoms with E-state index in [2.05, 4.69) is 34.4 Å². The molecule has 1 aromatic rings. The van der Waals surface area contributed by atoms with Crippen molar-refractivity contribution in [3.63, 3.8) is 0 Å². The smallest absolute Gasteiger partial charge is 0.191 e. The molecule has 0 aliphatic carbocycles. The number of nitrogens with zero attached hydrogens (tertiary/aromatic N) is 2. The quantitative estimate of drug-likeness (QED) is 0.646. The van der Waals surface area contributed by atoms with Gasteiger partial charge >= 0.3 is 0 Å². The Balaban J connectivity index is 1.92. The summed E-state index contributed by atoms with van der Waals surface area (Å²) in [6.45, 7) is 9.40. The number of benzene rings is 1. The number of halogens is 2. The van der Waals surface area contributed by atoms with Crippen molar-refractivity contribution in [3.05, 3.63) is 29.8 Å². The number of hydrogen-bond acceptors (Lipinski definition) is 2. The maximum atomic E-state index is 13.3. The van der Waals surface area contributed by atoms with Crippen LogP contribution in [0, 0.1) is 17.6 Å². The van der Waals surface area contributed by atoms with Crippen molar-refractivity contribution in [3.8, 4) is 0 Å². The monoisotopic (exact) mass is 324 g/mol. The van der Waals surface area contributed by atoms with Crippen molar-refractivity contribution in [2.45, 2.75) is 33.2 Å². The molecule has 0 bridgehead atoms. The summed E-state index contributed by atoms with van der Waals surface area (Å²) in [6, 6.07) is 4.42. The van der Waals surface area contributed by atoms with Crippen LogP contribution < -0.4 is 15.5 Å². The van der Waals surface area contributed by atoms with Crippen LogP contribution in [-0.4, -0.2) is 38.2 Å². The molecule has 0 radical (unpaired) electrons. The zero-order valence-corrected chi connectivity index (χ0v) is 14.1. The van der Waals surface area contributed by atoms with Gasteiger partial charge < -0.3 is 15.5 Å². The topological polar surface area (TPSA) is 39.7 Å². The SMILES string of the molecule is CCNC(=NCC1CCN(c2ccc(F)c(F)c2)C1)NC(C)C. The van der Waals surface area contributed by atoms with E-state index >= 15 is 0 Å². The molecule has 0 amide bonds. The van der Waals surface area contributed by atoms with Gasteiger partial charge in [-0.2, -0.15) is 0 Å². The van der Waals surface area contributed by atoms with Crippen molar-refractivity contribution in [2.75, 3.05) is 31.1 Å². The molecule has 4 nitrogen and oxygen atoms in total. The van der Waals surface area contributed by atoms with Crippen LogP contribution in [0.4, 0.5) is 14.5 Å². The third kappa shape index (κ3) is 5.08. The molecule has 1 heterocycles. The molecule has 1 fully saturated rings. The summed E-state index contributed by atoms with van der Waals surface area (Å²) in [6.07, 6.45) is 1.00. The van der Waals surface area contributed by atoms with Crippen molar-refractivity contribution < 1.29 is 8.78 Å². The summed E-state index contributed by atoms with van der Waals surface area (Å²) < 4.78 is 26.4. The summed E-state index contributed by atoms with van der Waals surface area (Å²) >= 11 is 0. The largest absolute Gasteiger partial charge is 0.371 e. The Morgan fingerprint density at radius 1 is 1.35 bits per heavy atom. The van der Waals surface area contributed by atoms with E-state index in [0.29, 0.717) is 12.0 Å². The van der Waals surface area contributed by atoms with Gasteiger partial charge in [0.15, 0.2) is 17.6 Å². The van der Waals surface area contributed by atoms with E-state index in [4.69, 9.17) is 0 Å². The Bertz CT molecular complexity index is 545. The predicted molar refractivity (Wildman–Crippen MR) is 90.9 cm³/mol. The lowest BCUT2D eigenvalue weighted by Gasteiger charge is -2.19. The maximum absolute atomic E-state index is 13.3. The second-order valence-electron chi connectivity index (χ2n) is 6.22. The zero-order valence-electron chi connectivity index (χ0n) is 14.1. The summed E-state index contributed by atoms with van der Waals surface area (Å²) in [5, 5.41) is 6.52. The fourth-order valence-corrected chi connectivity index (χ4v) is 2.71. The van der Waals surface area contributed by atoms with E-state index in [1.54, 1.807) is 6.07 Å². The Morgan fingerprint density at radius 2 is 2.13 bits per heavy atom. The van der Waals surface area contributed by atoms with Crippen molar-refractivity contribution in [2.24, 2.45) is 10.9 Å². The van der Waals surface area contributed by atoms with Crippen LogP contribution in [0.5, 0.6) is 0 Å². The standard InChI is InChI=1S/C17H26F2N4/c1-4-20-17(22-12(2)3)21-10-13-7-8-23(11-13)14-5-6-15(18)16(19)9-14/h5-6,9,12-13H,4,7-8,10-11H2,1-3H3,(H2,20,21,22). The Labute approximate surface area is 137 Å². The molecule has 1 aromatic carbocycles. The molecular formula is C17H26F2N4. The lowest BCUT2D eigenvalue weighted by molar-refractivity contribution is 0.508. The summed E-state index contributed by atoms with van der Waals surface area (Å²) in [4.78, 5) is 6.72. The van der Waals surface area contributed by atoms with E-state index in [1.807, 2.05) is 6.92 Å². The maximum Gasteiger partial charge on any atom is 0.191 e. The number of rotatable bonds is 5. The van der Waals surface area contributed by atoms with Gasteiger partial charge in [0.25, 0.3) is 0 Å². The first-order chi connectivity index (χ1) is 11.0. The molecule has 1 aliphatic rings. The van der Waals surface area contributed by atoms with Crippen molar-refractivity contribution >= 4 is 11.6 Å². The minimum Gasteiger partial charge on any atom is -0.371 e. The second-order valence-corrected chi connectivity index (χ2v) is 6.22. The lowest BCUT2D eigenvalue weighted by Crippen LogP contribution is -2.41. The average Bonchev–Trinajstić information content (AvgIpc) is 2.96. The molecule has 0 spiro atoms.